The summed E-state index contributed by atoms with van der Waals surface area (Å²) in [6.07, 6.45) is 1.65. The van der Waals surface area contributed by atoms with Crippen LogP contribution in [0.25, 0.3) is 0 Å². The second-order valence-corrected chi connectivity index (χ2v) is 6.28. The van der Waals surface area contributed by atoms with Gasteiger partial charge in [0.25, 0.3) is 0 Å². The van der Waals surface area contributed by atoms with Gasteiger partial charge in [-0.3, -0.25) is 4.79 Å². The second kappa shape index (κ2) is 11.4. The summed E-state index contributed by atoms with van der Waals surface area (Å²) < 4.78 is 9.75. The van der Waals surface area contributed by atoms with E-state index in [2.05, 4.69) is 15.4 Å². The standard InChI is InChI=1S/C17H24N2O5S/c1-12(15(20)19-14(9-10-25-3)16(21)23-2)18-17(22)24-11-13-7-5-4-6-8-13/h4-8,12,14H,9-11H2,1-3H3,(H,18,22)(H,19,20)/t12-,14+/m0/s1. The highest BCUT2D eigenvalue weighted by Gasteiger charge is 2.24. The van der Waals surface area contributed by atoms with E-state index >= 15 is 0 Å². The van der Waals surface area contributed by atoms with Crippen LogP contribution in [-0.2, 0) is 25.7 Å². The van der Waals surface area contributed by atoms with Gasteiger partial charge >= 0.3 is 12.1 Å². The molecule has 8 heteroatoms. The molecule has 138 valence electrons. The molecule has 0 aliphatic heterocycles. The average Bonchev–Trinajstić information content (AvgIpc) is 2.63. The molecule has 25 heavy (non-hydrogen) atoms. The Labute approximate surface area is 151 Å². The lowest BCUT2D eigenvalue weighted by Crippen LogP contribution is -2.50. The van der Waals surface area contributed by atoms with Gasteiger partial charge in [-0.05, 0) is 30.9 Å². The minimum Gasteiger partial charge on any atom is -0.467 e. The molecule has 0 aromatic heterocycles. The Morgan fingerprint density at radius 3 is 2.44 bits per heavy atom. The fourth-order valence-corrected chi connectivity index (χ4v) is 2.40. The van der Waals surface area contributed by atoms with Gasteiger partial charge in [-0.15, -0.1) is 0 Å². The first kappa shape index (κ1) is 20.8. The number of rotatable bonds is 9. The van der Waals surface area contributed by atoms with Crippen LogP contribution in [0.5, 0.6) is 0 Å². The third-order valence-corrected chi connectivity index (χ3v) is 4.00. The molecule has 0 aliphatic carbocycles. The van der Waals surface area contributed by atoms with Crippen molar-refractivity contribution in [2.24, 2.45) is 0 Å². The van der Waals surface area contributed by atoms with Crippen molar-refractivity contribution in [3.05, 3.63) is 35.9 Å². The third-order valence-electron chi connectivity index (χ3n) is 3.35. The number of carbonyl (C=O) groups is 3. The first-order valence-electron chi connectivity index (χ1n) is 7.82. The fraction of sp³-hybridized carbons (Fsp3) is 0.471. The van der Waals surface area contributed by atoms with Crippen molar-refractivity contribution in [2.75, 3.05) is 19.1 Å². The van der Waals surface area contributed by atoms with Gasteiger partial charge < -0.3 is 20.1 Å². The number of alkyl carbamates (subject to hydrolysis) is 1. The molecular formula is C17H24N2O5S. The van der Waals surface area contributed by atoms with Crippen LogP contribution >= 0.6 is 11.8 Å². The molecule has 2 amide bonds. The average molecular weight is 368 g/mol. The Kier molecular flexibility index (Phi) is 9.46. The van der Waals surface area contributed by atoms with E-state index in [0.29, 0.717) is 12.2 Å². The van der Waals surface area contributed by atoms with Crippen molar-refractivity contribution in [1.82, 2.24) is 10.6 Å². The molecule has 0 fully saturated rings. The van der Waals surface area contributed by atoms with Crippen LogP contribution in [0.4, 0.5) is 4.79 Å². The minimum atomic E-state index is -0.843. The van der Waals surface area contributed by atoms with Gasteiger partial charge in [-0.2, -0.15) is 11.8 Å². The zero-order valence-electron chi connectivity index (χ0n) is 14.6. The normalized spacial score (nSPS) is 12.6. The van der Waals surface area contributed by atoms with Crippen LogP contribution in [0, 0.1) is 0 Å². The fourth-order valence-electron chi connectivity index (χ4n) is 1.93. The quantitative estimate of drug-likeness (QED) is 0.645. The van der Waals surface area contributed by atoms with Crippen molar-refractivity contribution in [3.8, 4) is 0 Å². The van der Waals surface area contributed by atoms with Crippen LogP contribution in [0.15, 0.2) is 30.3 Å². The summed E-state index contributed by atoms with van der Waals surface area (Å²) in [7, 11) is 1.27. The minimum absolute atomic E-state index is 0.111. The molecule has 0 saturated heterocycles. The largest absolute Gasteiger partial charge is 0.467 e. The predicted molar refractivity (Wildman–Crippen MR) is 96.2 cm³/mol. The number of amides is 2. The number of hydrogen-bond donors (Lipinski definition) is 2. The third kappa shape index (κ3) is 7.93. The zero-order valence-corrected chi connectivity index (χ0v) is 15.4. The van der Waals surface area contributed by atoms with Crippen LogP contribution < -0.4 is 10.6 Å². The number of esters is 1. The highest BCUT2D eigenvalue weighted by molar-refractivity contribution is 7.98. The molecule has 1 rings (SSSR count). The highest BCUT2D eigenvalue weighted by atomic mass is 32.2. The zero-order chi connectivity index (χ0) is 18.7. The Morgan fingerprint density at radius 1 is 1.16 bits per heavy atom. The molecule has 1 aromatic rings. The Morgan fingerprint density at radius 2 is 1.84 bits per heavy atom. The van der Waals surface area contributed by atoms with Crippen LogP contribution in [0.2, 0.25) is 0 Å². The summed E-state index contributed by atoms with van der Waals surface area (Å²) in [5.74, 6) is -0.296. The number of methoxy groups -OCH3 is 1. The summed E-state index contributed by atoms with van der Waals surface area (Å²) in [5, 5.41) is 5.02. The maximum atomic E-state index is 12.2. The maximum Gasteiger partial charge on any atom is 0.408 e. The molecule has 0 aliphatic rings. The molecule has 1 aromatic carbocycles. The van der Waals surface area contributed by atoms with E-state index in [9.17, 15) is 14.4 Å². The van der Waals surface area contributed by atoms with E-state index in [1.54, 1.807) is 11.8 Å². The lowest BCUT2D eigenvalue weighted by molar-refractivity contribution is -0.145. The highest BCUT2D eigenvalue weighted by Crippen LogP contribution is 2.04. The Hall–Kier alpha value is -2.22. The van der Waals surface area contributed by atoms with Gasteiger partial charge in [0.2, 0.25) is 5.91 Å². The van der Waals surface area contributed by atoms with Crippen molar-refractivity contribution in [2.45, 2.75) is 32.0 Å². The molecule has 2 N–H and O–H groups in total. The topological polar surface area (TPSA) is 93.7 Å². The van der Waals surface area contributed by atoms with E-state index < -0.39 is 30.1 Å². The Bertz CT molecular complexity index is 567. The molecular weight excluding hydrogens is 344 g/mol. The number of benzene rings is 1. The summed E-state index contributed by atoms with van der Waals surface area (Å²) in [6.45, 7) is 1.63. The maximum absolute atomic E-state index is 12.2. The van der Waals surface area contributed by atoms with Gasteiger partial charge in [-0.1, -0.05) is 30.3 Å². The van der Waals surface area contributed by atoms with Crippen molar-refractivity contribution < 1.29 is 23.9 Å². The van der Waals surface area contributed by atoms with E-state index in [-0.39, 0.29) is 6.61 Å². The van der Waals surface area contributed by atoms with Gasteiger partial charge in [0.15, 0.2) is 0 Å². The first-order chi connectivity index (χ1) is 12.0. The van der Waals surface area contributed by atoms with Gasteiger partial charge in [0, 0.05) is 0 Å². The summed E-state index contributed by atoms with van der Waals surface area (Å²) in [4.78, 5) is 35.6. The van der Waals surface area contributed by atoms with Gasteiger partial charge in [0.05, 0.1) is 7.11 Å². The van der Waals surface area contributed by atoms with Gasteiger partial charge in [-0.25, -0.2) is 9.59 Å². The molecule has 0 bridgehead atoms. The van der Waals surface area contributed by atoms with E-state index in [1.165, 1.54) is 14.0 Å². The number of carbonyl (C=O) groups excluding carboxylic acids is 3. The monoisotopic (exact) mass is 368 g/mol. The molecule has 0 heterocycles. The van der Waals surface area contributed by atoms with Crippen molar-refractivity contribution >= 4 is 29.7 Å². The Balaban J connectivity index is 2.45. The summed E-state index contributed by atoms with van der Waals surface area (Å²) in [6, 6.07) is 7.62. The van der Waals surface area contributed by atoms with Crippen molar-refractivity contribution in [3.63, 3.8) is 0 Å². The summed E-state index contributed by atoms with van der Waals surface area (Å²) in [5.41, 5.74) is 0.845. The number of ether oxygens (including phenoxy) is 2. The van der Waals surface area contributed by atoms with E-state index in [1.807, 2.05) is 36.6 Å². The molecule has 7 nitrogen and oxygen atoms in total. The molecule has 0 unspecified atom stereocenters. The molecule has 0 spiro atoms. The number of thioether (sulfide) groups is 1. The number of nitrogens with one attached hydrogen (secondary N) is 2. The van der Waals surface area contributed by atoms with Crippen LogP contribution in [-0.4, -0.2) is 49.2 Å². The van der Waals surface area contributed by atoms with Crippen molar-refractivity contribution in [1.29, 1.82) is 0 Å². The molecule has 2 atom stereocenters. The van der Waals surface area contributed by atoms with Crippen LogP contribution in [0.3, 0.4) is 0 Å². The van der Waals surface area contributed by atoms with Gasteiger partial charge in [0.1, 0.15) is 18.7 Å². The SMILES string of the molecule is COC(=O)[C@@H](CCSC)NC(=O)[C@H](C)NC(=O)OCc1ccccc1. The smallest absolute Gasteiger partial charge is 0.408 e. The second-order valence-electron chi connectivity index (χ2n) is 5.29. The molecule has 0 radical (unpaired) electrons. The van der Waals surface area contributed by atoms with E-state index in [0.717, 1.165) is 5.56 Å². The lowest BCUT2D eigenvalue weighted by Gasteiger charge is -2.19. The van der Waals surface area contributed by atoms with Crippen LogP contribution in [0.1, 0.15) is 18.9 Å². The summed E-state index contributed by atoms with van der Waals surface area (Å²) >= 11 is 1.56. The first-order valence-corrected chi connectivity index (χ1v) is 9.21. The lowest BCUT2D eigenvalue weighted by atomic mass is 10.2. The molecule has 0 saturated carbocycles. The van der Waals surface area contributed by atoms with E-state index in [4.69, 9.17) is 4.74 Å². The number of hydrogen-bond acceptors (Lipinski definition) is 6. The predicted octanol–water partition coefficient (Wildman–Crippen LogP) is 1.71.